The number of carbonyl (C=O) groups excluding carboxylic acids is 1. The number of Topliss-reactive ketones (excluding diaryl/α,β-unsaturated/α-hetero) is 1. The highest BCUT2D eigenvalue weighted by Gasteiger charge is 2.30. The third-order valence-electron chi connectivity index (χ3n) is 2.97. The van der Waals surface area contributed by atoms with Crippen LogP contribution in [-0.2, 0) is 16.0 Å². The van der Waals surface area contributed by atoms with Gasteiger partial charge in [0.2, 0.25) is 0 Å². The zero-order valence-electron chi connectivity index (χ0n) is 9.28. The molecule has 3 heteroatoms. The number of carbonyl (C=O) groups is 1. The molecule has 0 N–H and O–H groups in total. The SMILES string of the molecule is CC1CCOC1C(=O)Cc1cccc(Br)c1. The standard InChI is InChI=1S/C13H15BrO2/c1-9-5-6-16-13(9)12(15)8-10-3-2-4-11(14)7-10/h2-4,7,9,13H,5-6,8H2,1H3. The van der Waals surface area contributed by atoms with Crippen LogP contribution in [-0.4, -0.2) is 18.5 Å². The quantitative estimate of drug-likeness (QED) is 0.852. The van der Waals surface area contributed by atoms with Gasteiger partial charge in [0.1, 0.15) is 6.10 Å². The maximum Gasteiger partial charge on any atom is 0.166 e. The lowest BCUT2D eigenvalue weighted by molar-refractivity contribution is -0.128. The van der Waals surface area contributed by atoms with E-state index in [-0.39, 0.29) is 11.9 Å². The fourth-order valence-corrected chi connectivity index (χ4v) is 2.50. The van der Waals surface area contributed by atoms with Crippen LogP contribution in [0, 0.1) is 5.92 Å². The molecule has 0 amide bonds. The van der Waals surface area contributed by atoms with E-state index in [4.69, 9.17) is 4.74 Å². The minimum Gasteiger partial charge on any atom is -0.370 e. The van der Waals surface area contributed by atoms with E-state index in [9.17, 15) is 4.79 Å². The number of benzene rings is 1. The molecule has 16 heavy (non-hydrogen) atoms. The van der Waals surface area contributed by atoms with Crippen molar-refractivity contribution in [2.45, 2.75) is 25.9 Å². The normalized spacial score (nSPS) is 24.6. The number of ether oxygens (including phenoxy) is 1. The van der Waals surface area contributed by atoms with Crippen LogP contribution in [0.1, 0.15) is 18.9 Å². The van der Waals surface area contributed by atoms with Crippen molar-refractivity contribution in [1.82, 2.24) is 0 Å². The molecule has 2 atom stereocenters. The lowest BCUT2D eigenvalue weighted by Crippen LogP contribution is -2.26. The predicted molar refractivity (Wildman–Crippen MR) is 66.4 cm³/mol. The van der Waals surface area contributed by atoms with Crippen LogP contribution in [0.15, 0.2) is 28.7 Å². The van der Waals surface area contributed by atoms with Crippen molar-refractivity contribution in [3.63, 3.8) is 0 Å². The third kappa shape index (κ3) is 2.71. The van der Waals surface area contributed by atoms with Gasteiger partial charge in [0, 0.05) is 17.5 Å². The number of rotatable bonds is 3. The summed E-state index contributed by atoms with van der Waals surface area (Å²) in [6, 6.07) is 7.87. The topological polar surface area (TPSA) is 26.3 Å². The first-order valence-electron chi connectivity index (χ1n) is 5.55. The minimum atomic E-state index is -0.195. The second kappa shape index (κ2) is 5.11. The fourth-order valence-electron chi connectivity index (χ4n) is 2.06. The highest BCUT2D eigenvalue weighted by molar-refractivity contribution is 9.10. The maximum absolute atomic E-state index is 12.0. The molecule has 1 aliphatic heterocycles. The third-order valence-corrected chi connectivity index (χ3v) is 3.47. The van der Waals surface area contributed by atoms with Crippen molar-refractivity contribution in [2.24, 2.45) is 5.92 Å². The number of halogens is 1. The Morgan fingerprint density at radius 2 is 2.38 bits per heavy atom. The van der Waals surface area contributed by atoms with Gasteiger partial charge in [-0.3, -0.25) is 4.79 Å². The van der Waals surface area contributed by atoms with Crippen LogP contribution in [0.25, 0.3) is 0 Å². The molecule has 1 saturated heterocycles. The second-order valence-corrected chi connectivity index (χ2v) is 5.25. The van der Waals surface area contributed by atoms with E-state index in [0.29, 0.717) is 12.3 Å². The average molecular weight is 283 g/mol. The molecular weight excluding hydrogens is 268 g/mol. The highest BCUT2D eigenvalue weighted by Crippen LogP contribution is 2.22. The smallest absolute Gasteiger partial charge is 0.166 e. The monoisotopic (exact) mass is 282 g/mol. The summed E-state index contributed by atoms with van der Waals surface area (Å²) < 4.78 is 6.48. The second-order valence-electron chi connectivity index (χ2n) is 4.33. The van der Waals surface area contributed by atoms with Crippen LogP contribution in [0.5, 0.6) is 0 Å². The summed E-state index contributed by atoms with van der Waals surface area (Å²) in [6.45, 7) is 2.80. The molecule has 2 unspecified atom stereocenters. The van der Waals surface area contributed by atoms with Crippen molar-refractivity contribution < 1.29 is 9.53 Å². The Balaban J connectivity index is 2.02. The first kappa shape index (κ1) is 11.8. The van der Waals surface area contributed by atoms with Crippen LogP contribution < -0.4 is 0 Å². The van der Waals surface area contributed by atoms with Gasteiger partial charge in [-0.15, -0.1) is 0 Å². The van der Waals surface area contributed by atoms with Gasteiger partial charge >= 0.3 is 0 Å². The highest BCUT2D eigenvalue weighted by atomic mass is 79.9. The minimum absolute atomic E-state index is 0.195. The van der Waals surface area contributed by atoms with Gasteiger partial charge in [-0.05, 0) is 30.0 Å². The van der Waals surface area contributed by atoms with Crippen LogP contribution in [0.3, 0.4) is 0 Å². The van der Waals surface area contributed by atoms with Crippen molar-refractivity contribution in [3.05, 3.63) is 34.3 Å². The first-order valence-corrected chi connectivity index (χ1v) is 6.35. The van der Waals surface area contributed by atoms with E-state index >= 15 is 0 Å². The van der Waals surface area contributed by atoms with Gasteiger partial charge in [0.05, 0.1) is 0 Å². The van der Waals surface area contributed by atoms with E-state index in [1.54, 1.807) is 0 Å². The van der Waals surface area contributed by atoms with Crippen LogP contribution in [0.2, 0.25) is 0 Å². The molecule has 0 bridgehead atoms. The van der Waals surface area contributed by atoms with E-state index < -0.39 is 0 Å². The van der Waals surface area contributed by atoms with Gasteiger partial charge in [0.15, 0.2) is 5.78 Å². The van der Waals surface area contributed by atoms with E-state index in [2.05, 4.69) is 22.9 Å². The molecule has 0 spiro atoms. The molecule has 0 saturated carbocycles. The molecule has 86 valence electrons. The Bertz CT molecular complexity index is 389. The molecule has 0 aromatic heterocycles. The molecule has 0 radical (unpaired) electrons. The first-order chi connectivity index (χ1) is 7.66. The summed E-state index contributed by atoms with van der Waals surface area (Å²) in [4.78, 5) is 12.0. The van der Waals surface area contributed by atoms with Gasteiger partial charge in [-0.1, -0.05) is 35.0 Å². The molecule has 2 rings (SSSR count). The molecule has 0 aliphatic carbocycles. The van der Waals surface area contributed by atoms with E-state index in [0.717, 1.165) is 23.1 Å². The maximum atomic E-state index is 12.0. The fraction of sp³-hybridized carbons (Fsp3) is 0.462. The van der Waals surface area contributed by atoms with E-state index in [1.807, 2.05) is 24.3 Å². The average Bonchev–Trinajstić information content (AvgIpc) is 2.64. The summed E-state index contributed by atoms with van der Waals surface area (Å²) in [5.41, 5.74) is 1.04. The van der Waals surface area contributed by atoms with Gasteiger partial charge < -0.3 is 4.74 Å². The summed E-state index contributed by atoms with van der Waals surface area (Å²) in [7, 11) is 0. The number of hydrogen-bond acceptors (Lipinski definition) is 2. The van der Waals surface area contributed by atoms with Crippen molar-refractivity contribution in [2.75, 3.05) is 6.61 Å². The molecule has 1 aromatic rings. The van der Waals surface area contributed by atoms with Gasteiger partial charge in [-0.25, -0.2) is 0 Å². The summed E-state index contributed by atoms with van der Waals surface area (Å²) in [5.74, 6) is 0.558. The largest absolute Gasteiger partial charge is 0.370 e. The Labute approximate surface area is 104 Å². The van der Waals surface area contributed by atoms with Gasteiger partial charge in [0.25, 0.3) is 0 Å². The summed E-state index contributed by atoms with van der Waals surface area (Å²) >= 11 is 3.40. The zero-order valence-corrected chi connectivity index (χ0v) is 10.9. The Morgan fingerprint density at radius 1 is 1.56 bits per heavy atom. The van der Waals surface area contributed by atoms with Crippen molar-refractivity contribution in [1.29, 1.82) is 0 Å². The van der Waals surface area contributed by atoms with Gasteiger partial charge in [-0.2, -0.15) is 0 Å². The molecule has 1 aromatic carbocycles. The van der Waals surface area contributed by atoms with Crippen molar-refractivity contribution >= 4 is 21.7 Å². The molecule has 2 nitrogen and oxygen atoms in total. The lowest BCUT2D eigenvalue weighted by Gasteiger charge is -2.13. The molecule has 1 fully saturated rings. The Kier molecular flexibility index (Phi) is 3.77. The molecular formula is C13H15BrO2. The zero-order chi connectivity index (χ0) is 11.5. The Hall–Kier alpha value is -0.670. The number of hydrogen-bond donors (Lipinski definition) is 0. The van der Waals surface area contributed by atoms with Crippen molar-refractivity contribution in [3.8, 4) is 0 Å². The summed E-state index contributed by atoms with van der Waals surface area (Å²) in [6.07, 6.45) is 1.27. The Morgan fingerprint density at radius 3 is 3.00 bits per heavy atom. The van der Waals surface area contributed by atoms with Crippen LogP contribution >= 0.6 is 15.9 Å². The predicted octanol–water partition coefficient (Wildman–Crippen LogP) is 2.99. The molecule has 1 aliphatic rings. The van der Waals surface area contributed by atoms with E-state index in [1.165, 1.54) is 0 Å². The molecule has 1 heterocycles. The summed E-state index contributed by atoms with van der Waals surface area (Å²) in [5, 5.41) is 0. The lowest BCUT2D eigenvalue weighted by atomic mass is 9.96. The number of ketones is 1. The van der Waals surface area contributed by atoms with Crippen LogP contribution in [0.4, 0.5) is 0 Å².